The number of benzene rings is 2. The minimum absolute atomic E-state index is 0.422. The van der Waals surface area contributed by atoms with Crippen molar-refractivity contribution in [3.8, 4) is 11.8 Å². The Bertz CT molecular complexity index is 993. The molecule has 5 heteroatoms. The van der Waals surface area contributed by atoms with Crippen LogP contribution in [0.2, 0.25) is 0 Å². The summed E-state index contributed by atoms with van der Waals surface area (Å²) in [5.41, 5.74) is 3.96. The van der Waals surface area contributed by atoms with Crippen LogP contribution in [-0.4, -0.2) is 15.3 Å². The van der Waals surface area contributed by atoms with Gasteiger partial charge in [-0.05, 0) is 42.7 Å². The second kappa shape index (κ2) is 8.90. The molecule has 140 valence electrons. The lowest BCUT2D eigenvalue weighted by Crippen LogP contribution is -2.11. The molecule has 2 aromatic carbocycles. The van der Waals surface area contributed by atoms with E-state index in [0.717, 1.165) is 26.9 Å². The summed E-state index contributed by atoms with van der Waals surface area (Å²) in [5.74, 6) is 7.14. The number of rotatable bonds is 6. The molecule has 0 spiro atoms. The average Bonchev–Trinajstić information content (AvgIpc) is 3.41. The fourth-order valence-corrected chi connectivity index (χ4v) is 2.91. The van der Waals surface area contributed by atoms with Crippen LogP contribution in [0.15, 0.2) is 76.9 Å². The molecule has 0 radical (unpaired) electrons. The molecule has 0 atom stereocenters. The minimum atomic E-state index is 0.422. The highest BCUT2D eigenvalue weighted by molar-refractivity contribution is 9.10. The van der Waals surface area contributed by atoms with Gasteiger partial charge >= 0.3 is 0 Å². The fraction of sp³-hybridized carbons (Fsp3) is 0.217. The number of halogens is 1. The van der Waals surface area contributed by atoms with Gasteiger partial charge in [-0.1, -0.05) is 57.2 Å². The van der Waals surface area contributed by atoms with Crippen molar-refractivity contribution in [2.24, 2.45) is 11.1 Å². The van der Waals surface area contributed by atoms with E-state index in [4.69, 9.17) is 4.84 Å². The van der Waals surface area contributed by atoms with Crippen LogP contribution >= 0.6 is 15.9 Å². The number of nitrogens with zero attached hydrogens (tertiary/aromatic N) is 3. The normalized spacial score (nSPS) is 13.7. The van der Waals surface area contributed by atoms with Crippen LogP contribution in [0.4, 0.5) is 0 Å². The lowest BCUT2D eigenvalue weighted by Gasteiger charge is -2.08. The second-order valence-corrected chi connectivity index (χ2v) is 7.71. The van der Waals surface area contributed by atoms with Crippen LogP contribution in [0.25, 0.3) is 0 Å². The lowest BCUT2D eigenvalue weighted by atomic mass is 10.1. The monoisotopic (exact) mass is 433 g/mol. The molecule has 1 aliphatic carbocycles. The predicted octanol–water partition coefficient (Wildman–Crippen LogP) is 5.03. The topological polar surface area (TPSA) is 39.4 Å². The number of oxime groups is 1. The van der Waals surface area contributed by atoms with Gasteiger partial charge in [0.1, 0.15) is 12.3 Å². The maximum atomic E-state index is 5.65. The van der Waals surface area contributed by atoms with Crippen molar-refractivity contribution in [3.05, 3.63) is 88.4 Å². The largest absolute Gasteiger partial charge is 0.391 e. The molecule has 1 heterocycles. The van der Waals surface area contributed by atoms with Crippen LogP contribution in [0.1, 0.15) is 29.5 Å². The molecular weight excluding hydrogens is 414 g/mol. The zero-order valence-electron chi connectivity index (χ0n) is 15.4. The molecule has 1 aliphatic rings. The SMILES string of the molecule is Brc1ccc(CON=C(Cn2ccnc2)c2ccc(C#CC3CC3)cc2)cc1. The third-order valence-corrected chi connectivity index (χ3v) is 4.96. The van der Waals surface area contributed by atoms with E-state index in [1.807, 2.05) is 47.2 Å². The van der Waals surface area contributed by atoms with Crippen LogP contribution in [0, 0.1) is 17.8 Å². The molecule has 0 bridgehead atoms. The van der Waals surface area contributed by atoms with Crippen LogP contribution in [-0.2, 0) is 18.0 Å². The van der Waals surface area contributed by atoms with E-state index in [0.29, 0.717) is 19.1 Å². The third-order valence-electron chi connectivity index (χ3n) is 4.43. The van der Waals surface area contributed by atoms with Gasteiger partial charge < -0.3 is 9.40 Å². The summed E-state index contributed by atoms with van der Waals surface area (Å²) in [4.78, 5) is 9.76. The van der Waals surface area contributed by atoms with Crippen molar-refractivity contribution in [2.45, 2.75) is 26.0 Å². The second-order valence-electron chi connectivity index (χ2n) is 6.79. The first kappa shape index (κ1) is 18.5. The molecule has 0 N–H and O–H groups in total. The summed E-state index contributed by atoms with van der Waals surface area (Å²) in [6, 6.07) is 16.2. The summed E-state index contributed by atoms with van der Waals surface area (Å²) in [7, 11) is 0. The Balaban J connectivity index is 1.49. The van der Waals surface area contributed by atoms with E-state index >= 15 is 0 Å². The maximum absolute atomic E-state index is 5.65. The summed E-state index contributed by atoms with van der Waals surface area (Å²) in [5, 5.41) is 4.42. The van der Waals surface area contributed by atoms with Crippen molar-refractivity contribution in [2.75, 3.05) is 0 Å². The Morgan fingerprint density at radius 3 is 2.61 bits per heavy atom. The molecule has 0 aliphatic heterocycles. The van der Waals surface area contributed by atoms with Crippen LogP contribution in [0.5, 0.6) is 0 Å². The molecule has 4 rings (SSSR count). The highest BCUT2D eigenvalue weighted by atomic mass is 79.9. The van der Waals surface area contributed by atoms with Gasteiger partial charge in [-0.15, -0.1) is 0 Å². The molecule has 0 unspecified atom stereocenters. The molecule has 28 heavy (non-hydrogen) atoms. The minimum Gasteiger partial charge on any atom is -0.391 e. The molecule has 1 aromatic heterocycles. The Labute approximate surface area is 173 Å². The molecule has 4 nitrogen and oxygen atoms in total. The van der Waals surface area contributed by atoms with Crippen molar-refractivity contribution in [1.82, 2.24) is 9.55 Å². The third kappa shape index (κ3) is 5.34. The summed E-state index contributed by atoms with van der Waals surface area (Å²) < 4.78 is 3.02. The first-order valence-corrected chi connectivity index (χ1v) is 10.1. The zero-order chi connectivity index (χ0) is 19.2. The highest BCUT2D eigenvalue weighted by Crippen LogP contribution is 2.27. The maximum Gasteiger partial charge on any atom is 0.142 e. The average molecular weight is 434 g/mol. The molecular formula is C23H20BrN3O. The van der Waals surface area contributed by atoms with Gasteiger partial charge in [0.2, 0.25) is 0 Å². The van der Waals surface area contributed by atoms with Gasteiger partial charge in [0.05, 0.1) is 12.9 Å². The van der Waals surface area contributed by atoms with Gasteiger partial charge in [0.25, 0.3) is 0 Å². The van der Waals surface area contributed by atoms with Gasteiger partial charge in [0.15, 0.2) is 0 Å². The molecule has 3 aromatic rings. The highest BCUT2D eigenvalue weighted by Gasteiger charge is 2.17. The van der Waals surface area contributed by atoms with Crippen molar-refractivity contribution >= 4 is 21.6 Å². The number of hydrogen-bond acceptors (Lipinski definition) is 3. The van der Waals surface area contributed by atoms with Gasteiger partial charge in [-0.2, -0.15) is 0 Å². The quantitative estimate of drug-likeness (QED) is 0.310. The fourth-order valence-electron chi connectivity index (χ4n) is 2.65. The van der Waals surface area contributed by atoms with E-state index in [2.05, 4.69) is 50.0 Å². The van der Waals surface area contributed by atoms with Gasteiger partial charge in [0, 0.05) is 33.9 Å². The predicted molar refractivity (Wildman–Crippen MR) is 114 cm³/mol. The van der Waals surface area contributed by atoms with Gasteiger partial charge in [-0.3, -0.25) is 0 Å². The van der Waals surface area contributed by atoms with E-state index in [9.17, 15) is 0 Å². The number of aromatic nitrogens is 2. The molecule has 0 saturated heterocycles. The smallest absolute Gasteiger partial charge is 0.142 e. The van der Waals surface area contributed by atoms with Crippen molar-refractivity contribution in [1.29, 1.82) is 0 Å². The van der Waals surface area contributed by atoms with E-state index in [-0.39, 0.29) is 0 Å². The Morgan fingerprint density at radius 1 is 1.14 bits per heavy atom. The van der Waals surface area contributed by atoms with E-state index in [1.165, 1.54) is 12.8 Å². The molecule has 0 amide bonds. The summed E-state index contributed by atoms with van der Waals surface area (Å²) in [6.07, 6.45) is 7.93. The van der Waals surface area contributed by atoms with Crippen LogP contribution < -0.4 is 0 Å². The van der Waals surface area contributed by atoms with Crippen LogP contribution in [0.3, 0.4) is 0 Å². The Morgan fingerprint density at radius 2 is 1.93 bits per heavy atom. The Kier molecular flexibility index (Phi) is 5.89. The summed E-state index contributed by atoms with van der Waals surface area (Å²) in [6.45, 7) is 1.01. The van der Waals surface area contributed by atoms with Crippen molar-refractivity contribution < 1.29 is 4.84 Å². The lowest BCUT2D eigenvalue weighted by molar-refractivity contribution is 0.130. The summed E-state index contributed by atoms with van der Waals surface area (Å²) >= 11 is 3.44. The standard InChI is InChI=1S/C23H20BrN3O/c24-22-11-7-20(8-12-22)16-28-26-23(15-27-14-13-25-17-27)21-9-5-19(6-10-21)4-3-18-1-2-18/h5-14,17-18H,1-2,15-16H2. The van der Waals surface area contributed by atoms with E-state index in [1.54, 1.807) is 12.5 Å². The molecule has 1 saturated carbocycles. The van der Waals surface area contributed by atoms with Gasteiger partial charge in [-0.25, -0.2) is 4.98 Å². The first-order valence-electron chi connectivity index (χ1n) is 9.27. The first-order chi connectivity index (χ1) is 13.8. The Hall–Kier alpha value is -2.84. The number of imidazole rings is 1. The van der Waals surface area contributed by atoms with Crippen molar-refractivity contribution in [3.63, 3.8) is 0 Å². The zero-order valence-corrected chi connectivity index (χ0v) is 17.0. The number of hydrogen-bond donors (Lipinski definition) is 0. The molecule has 1 fully saturated rings. The van der Waals surface area contributed by atoms with E-state index < -0.39 is 0 Å².